The minimum atomic E-state index is -0.848. The average molecular weight is 222 g/mol. The fourth-order valence-corrected chi connectivity index (χ4v) is 1.09. The van der Waals surface area contributed by atoms with E-state index in [0.717, 1.165) is 0 Å². The first-order chi connectivity index (χ1) is 7.52. The van der Waals surface area contributed by atoms with Gasteiger partial charge in [0.05, 0.1) is 12.3 Å². The Morgan fingerprint density at radius 2 is 1.94 bits per heavy atom. The predicted molar refractivity (Wildman–Crippen MR) is 56.8 cm³/mol. The lowest BCUT2D eigenvalue weighted by Gasteiger charge is -2.12. The molecule has 0 saturated heterocycles. The van der Waals surface area contributed by atoms with Gasteiger partial charge in [0, 0.05) is 12.4 Å². The molecular formula is C11H14N2O3. The lowest BCUT2D eigenvalue weighted by Crippen LogP contribution is -2.26. The zero-order valence-corrected chi connectivity index (χ0v) is 9.51. The van der Waals surface area contributed by atoms with E-state index in [2.05, 4.69) is 9.97 Å². The second kappa shape index (κ2) is 5.34. The molecule has 0 amide bonds. The van der Waals surface area contributed by atoms with Gasteiger partial charge in [-0.05, 0) is 20.8 Å². The molecule has 1 aromatic rings. The molecule has 0 aromatic carbocycles. The maximum absolute atomic E-state index is 11.8. The summed E-state index contributed by atoms with van der Waals surface area (Å²) in [6, 6.07) is 0. The third-order valence-electron chi connectivity index (χ3n) is 1.91. The van der Waals surface area contributed by atoms with Crippen LogP contribution < -0.4 is 0 Å². The Hall–Kier alpha value is -1.78. The van der Waals surface area contributed by atoms with Crippen molar-refractivity contribution in [2.45, 2.75) is 26.9 Å². The van der Waals surface area contributed by atoms with Crippen molar-refractivity contribution in [3.8, 4) is 0 Å². The summed E-state index contributed by atoms with van der Waals surface area (Å²) < 4.78 is 4.95. The fraction of sp³-hybridized carbons (Fsp3) is 0.455. The van der Waals surface area contributed by atoms with Crippen molar-refractivity contribution >= 4 is 11.8 Å². The van der Waals surface area contributed by atoms with Crippen molar-refractivity contribution in [3.63, 3.8) is 0 Å². The molecule has 1 unspecified atom stereocenters. The molecule has 5 heteroatoms. The molecule has 0 aliphatic carbocycles. The molecule has 1 aromatic heterocycles. The Labute approximate surface area is 93.9 Å². The number of hydrogen-bond acceptors (Lipinski definition) is 5. The monoisotopic (exact) mass is 222 g/mol. The zero-order valence-electron chi connectivity index (χ0n) is 9.51. The second-order valence-corrected chi connectivity index (χ2v) is 3.66. The van der Waals surface area contributed by atoms with Crippen LogP contribution in [0.15, 0.2) is 18.6 Å². The number of carbonyl (C=O) groups is 2. The van der Waals surface area contributed by atoms with Crippen LogP contribution >= 0.6 is 0 Å². The van der Waals surface area contributed by atoms with Crippen LogP contribution in [0.3, 0.4) is 0 Å². The van der Waals surface area contributed by atoms with Crippen LogP contribution in [0.4, 0.5) is 0 Å². The first-order valence-corrected chi connectivity index (χ1v) is 5.03. The number of nitrogens with zero attached hydrogens (tertiary/aromatic N) is 2. The molecule has 16 heavy (non-hydrogen) atoms. The van der Waals surface area contributed by atoms with Gasteiger partial charge in [0.25, 0.3) is 0 Å². The van der Waals surface area contributed by atoms with E-state index < -0.39 is 11.9 Å². The van der Waals surface area contributed by atoms with Crippen LogP contribution in [0.1, 0.15) is 31.3 Å². The summed E-state index contributed by atoms with van der Waals surface area (Å²) in [7, 11) is 0. The van der Waals surface area contributed by atoms with Crippen molar-refractivity contribution < 1.29 is 14.3 Å². The number of hydrogen-bond donors (Lipinski definition) is 0. The van der Waals surface area contributed by atoms with Gasteiger partial charge in [-0.3, -0.25) is 14.6 Å². The molecule has 0 N–H and O–H groups in total. The molecule has 86 valence electrons. The molecule has 0 aliphatic heterocycles. The van der Waals surface area contributed by atoms with Crippen LogP contribution in [-0.2, 0) is 9.53 Å². The Bertz CT molecular complexity index is 376. The van der Waals surface area contributed by atoms with Gasteiger partial charge >= 0.3 is 5.97 Å². The summed E-state index contributed by atoms with van der Waals surface area (Å²) in [5, 5.41) is 0. The highest BCUT2D eigenvalue weighted by Crippen LogP contribution is 2.08. The highest BCUT2D eigenvalue weighted by Gasteiger charge is 2.25. The number of rotatable bonds is 4. The Kier molecular flexibility index (Phi) is 4.10. The summed E-state index contributed by atoms with van der Waals surface area (Å²) in [4.78, 5) is 30.9. The highest BCUT2D eigenvalue weighted by molar-refractivity contribution is 6.07. The van der Waals surface area contributed by atoms with Crippen molar-refractivity contribution in [1.82, 2.24) is 9.97 Å². The van der Waals surface area contributed by atoms with E-state index in [-0.39, 0.29) is 17.6 Å². The molecule has 1 atom stereocenters. The number of esters is 1. The molecule has 1 rings (SSSR count). The van der Waals surface area contributed by atoms with Gasteiger partial charge in [-0.2, -0.15) is 0 Å². The van der Waals surface area contributed by atoms with Gasteiger partial charge in [0.15, 0.2) is 5.78 Å². The summed E-state index contributed by atoms with van der Waals surface area (Å²) in [5.74, 6) is -1.76. The van der Waals surface area contributed by atoms with E-state index in [4.69, 9.17) is 4.74 Å². The van der Waals surface area contributed by atoms with E-state index in [9.17, 15) is 9.59 Å². The number of ether oxygens (including phenoxy) is 1. The summed E-state index contributed by atoms with van der Waals surface area (Å²) in [6.45, 7) is 4.97. The second-order valence-electron chi connectivity index (χ2n) is 3.66. The van der Waals surface area contributed by atoms with Gasteiger partial charge in [-0.15, -0.1) is 0 Å². The maximum atomic E-state index is 11.8. The van der Waals surface area contributed by atoms with Crippen molar-refractivity contribution in [1.29, 1.82) is 0 Å². The molecule has 0 bridgehead atoms. The highest BCUT2D eigenvalue weighted by atomic mass is 16.5. The van der Waals surface area contributed by atoms with Crippen molar-refractivity contribution in [2.75, 3.05) is 0 Å². The van der Waals surface area contributed by atoms with E-state index in [1.165, 1.54) is 25.5 Å². The topological polar surface area (TPSA) is 69.2 Å². The quantitative estimate of drug-likeness (QED) is 0.435. The number of ketones is 1. The van der Waals surface area contributed by atoms with Crippen LogP contribution in [0.25, 0.3) is 0 Å². The van der Waals surface area contributed by atoms with Gasteiger partial charge in [-0.25, -0.2) is 4.98 Å². The van der Waals surface area contributed by atoms with E-state index in [1.54, 1.807) is 13.8 Å². The number of Topliss-reactive ketones (excluding diaryl/α,β-unsaturated/α-hetero) is 1. The van der Waals surface area contributed by atoms with Crippen LogP contribution in [0.5, 0.6) is 0 Å². The largest absolute Gasteiger partial charge is 0.462 e. The molecule has 0 saturated carbocycles. The summed E-state index contributed by atoms with van der Waals surface area (Å²) in [5.41, 5.74) is 0.177. The summed E-state index contributed by atoms with van der Waals surface area (Å²) in [6.07, 6.45) is 3.98. The lowest BCUT2D eigenvalue weighted by molar-refractivity contribution is -0.149. The minimum Gasteiger partial charge on any atom is -0.462 e. The summed E-state index contributed by atoms with van der Waals surface area (Å²) >= 11 is 0. The molecule has 5 nitrogen and oxygen atoms in total. The standard InChI is InChI=1S/C11H14N2O3/c1-7(2)16-11(15)8(3)10(14)9-6-12-4-5-13-9/h4-8H,1-3H3. The van der Waals surface area contributed by atoms with Crippen LogP contribution in [0.2, 0.25) is 0 Å². The first-order valence-electron chi connectivity index (χ1n) is 5.03. The normalized spacial score (nSPS) is 12.2. The Morgan fingerprint density at radius 3 is 2.44 bits per heavy atom. The SMILES string of the molecule is CC(C)OC(=O)C(C)C(=O)c1cnccn1. The van der Waals surface area contributed by atoms with Gasteiger partial charge in [0.1, 0.15) is 11.6 Å². The predicted octanol–water partition coefficient (Wildman–Crippen LogP) is 1.25. The van der Waals surface area contributed by atoms with Crippen LogP contribution in [-0.4, -0.2) is 27.8 Å². The maximum Gasteiger partial charge on any atom is 0.316 e. The lowest BCUT2D eigenvalue weighted by atomic mass is 10.0. The third-order valence-corrected chi connectivity index (χ3v) is 1.91. The average Bonchev–Trinajstić information content (AvgIpc) is 2.27. The fourth-order valence-electron chi connectivity index (χ4n) is 1.09. The number of carbonyl (C=O) groups excluding carboxylic acids is 2. The third kappa shape index (κ3) is 3.12. The van der Waals surface area contributed by atoms with E-state index in [1.807, 2.05) is 0 Å². The van der Waals surface area contributed by atoms with Crippen LogP contribution in [0, 0.1) is 5.92 Å². The van der Waals surface area contributed by atoms with Gasteiger partial charge in [-0.1, -0.05) is 0 Å². The minimum absolute atomic E-state index is 0.177. The zero-order chi connectivity index (χ0) is 12.1. The van der Waals surface area contributed by atoms with Crippen molar-refractivity contribution in [2.24, 2.45) is 5.92 Å². The smallest absolute Gasteiger partial charge is 0.316 e. The first kappa shape index (κ1) is 12.3. The Morgan fingerprint density at radius 1 is 1.25 bits per heavy atom. The molecule has 0 spiro atoms. The van der Waals surface area contributed by atoms with E-state index >= 15 is 0 Å². The molecule has 1 heterocycles. The molecule has 0 radical (unpaired) electrons. The van der Waals surface area contributed by atoms with Gasteiger partial charge in [0.2, 0.25) is 0 Å². The number of aromatic nitrogens is 2. The Balaban J connectivity index is 2.72. The molecule has 0 fully saturated rings. The molecule has 0 aliphatic rings. The van der Waals surface area contributed by atoms with Crippen molar-refractivity contribution in [3.05, 3.63) is 24.3 Å². The van der Waals surface area contributed by atoms with E-state index in [0.29, 0.717) is 0 Å². The molecular weight excluding hydrogens is 208 g/mol. The van der Waals surface area contributed by atoms with Gasteiger partial charge < -0.3 is 4.74 Å².